The van der Waals surface area contributed by atoms with Crippen molar-refractivity contribution in [1.29, 1.82) is 0 Å². The van der Waals surface area contributed by atoms with E-state index in [0.29, 0.717) is 12.3 Å². The van der Waals surface area contributed by atoms with Gasteiger partial charge in [0.15, 0.2) is 0 Å². The largest absolute Gasteiger partial charge is 0.507 e. The molecule has 0 spiro atoms. The number of aromatic hydroxyl groups is 1. The average molecular weight is 431 g/mol. The Balaban J connectivity index is 1.98. The highest BCUT2D eigenvalue weighted by atomic mass is 16.3. The van der Waals surface area contributed by atoms with E-state index in [1.54, 1.807) is 0 Å². The second-order valence-electron chi connectivity index (χ2n) is 10.7. The highest BCUT2D eigenvalue weighted by Gasteiger charge is 2.26. The molecule has 3 aromatic carbocycles. The van der Waals surface area contributed by atoms with Gasteiger partial charge in [0, 0.05) is 18.2 Å². The summed E-state index contributed by atoms with van der Waals surface area (Å²) in [6.07, 6.45) is 0. The van der Waals surface area contributed by atoms with Gasteiger partial charge in [-0.2, -0.15) is 0 Å². The van der Waals surface area contributed by atoms with E-state index in [1.807, 2.05) is 36.4 Å². The molecule has 0 aliphatic heterocycles. The quantitative estimate of drug-likeness (QED) is 0.417. The summed E-state index contributed by atoms with van der Waals surface area (Å²) in [5.41, 5.74) is 11.9. The van der Waals surface area contributed by atoms with Crippen molar-refractivity contribution >= 4 is 0 Å². The van der Waals surface area contributed by atoms with Gasteiger partial charge in [-0.05, 0) is 33.1 Å². The molecular weight excluding hydrogens is 392 g/mol. The van der Waals surface area contributed by atoms with Gasteiger partial charge in [0.1, 0.15) is 5.75 Å². The molecular formula is C29H38N2O. The highest BCUT2D eigenvalue weighted by molar-refractivity contribution is 5.48. The van der Waals surface area contributed by atoms with Crippen molar-refractivity contribution in [3.8, 4) is 5.75 Å². The Morgan fingerprint density at radius 2 is 1.31 bits per heavy atom. The first-order chi connectivity index (χ1) is 15.0. The molecule has 2 unspecified atom stereocenters. The van der Waals surface area contributed by atoms with Gasteiger partial charge in [0.25, 0.3) is 0 Å². The van der Waals surface area contributed by atoms with Crippen LogP contribution in [-0.2, 0) is 17.4 Å². The summed E-state index contributed by atoms with van der Waals surface area (Å²) >= 11 is 0. The van der Waals surface area contributed by atoms with Gasteiger partial charge in [-0.3, -0.25) is 0 Å². The Morgan fingerprint density at radius 3 is 1.81 bits per heavy atom. The molecule has 2 atom stereocenters. The van der Waals surface area contributed by atoms with Crippen LogP contribution in [-0.4, -0.2) is 5.11 Å². The van der Waals surface area contributed by atoms with Crippen LogP contribution in [0.2, 0.25) is 0 Å². The molecule has 0 saturated carbocycles. The molecule has 0 heterocycles. The summed E-state index contributed by atoms with van der Waals surface area (Å²) in [6.45, 7) is 13.6. The third-order valence-electron chi connectivity index (χ3n) is 6.08. The standard InChI is InChI=1S/C29H38N2O/c1-28(2,3)23-17-22(27(32)24(18-23)29(4,5)6)19-31-26(21-15-11-8-12-16-21)25(30)20-13-9-7-10-14-20/h7-18,25-26,31-32H,19,30H2,1-6H3. The van der Waals surface area contributed by atoms with Crippen LogP contribution in [0.15, 0.2) is 72.8 Å². The summed E-state index contributed by atoms with van der Waals surface area (Å²) in [5, 5.41) is 14.8. The summed E-state index contributed by atoms with van der Waals surface area (Å²) in [6, 6.07) is 24.5. The van der Waals surface area contributed by atoms with E-state index < -0.39 is 0 Å². The fourth-order valence-electron chi connectivity index (χ4n) is 4.03. The Hall–Kier alpha value is -2.62. The van der Waals surface area contributed by atoms with Crippen LogP contribution in [0.5, 0.6) is 5.75 Å². The molecule has 0 aromatic heterocycles. The minimum atomic E-state index is -0.214. The van der Waals surface area contributed by atoms with Crippen molar-refractivity contribution < 1.29 is 5.11 Å². The molecule has 0 aliphatic rings. The zero-order valence-electron chi connectivity index (χ0n) is 20.3. The maximum Gasteiger partial charge on any atom is 0.123 e. The van der Waals surface area contributed by atoms with Gasteiger partial charge in [-0.1, -0.05) is 114 Å². The number of phenols is 1. The van der Waals surface area contributed by atoms with E-state index >= 15 is 0 Å². The zero-order chi connectivity index (χ0) is 23.5. The van der Waals surface area contributed by atoms with Gasteiger partial charge in [0.2, 0.25) is 0 Å². The molecule has 0 aliphatic carbocycles. The van der Waals surface area contributed by atoms with E-state index in [-0.39, 0.29) is 22.9 Å². The van der Waals surface area contributed by atoms with E-state index in [1.165, 1.54) is 5.56 Å². The molecule has 0 fully saturated rings. The molecule has 32 heavy (non-hydrogen) atoms. The SMILES string of the molecule is CC(C)(C)c1cc(CNC(c2ccccc2)C(N)c2ccccc2)c(O)c(C(C)(C)C)c1. The van der Waals surface area contributed by atoms with Crippen LogP contribution in [0.3, 0.4) is 0 Å². The van der Waals surface area contributed by atoms with Gasteiger partial charge < -0.3 is 16.2 Å². The lowest BCUT2D eigenvalue weighted by molar-refractivity contribution is 0.418. The first-order valence-electron chi connectivity index (χ1n) is 11.4. The van der Waals surface area contributed by atoms with Crippen molar-refractivity contribution in [1.82, 2.24) is 5.32 Å². The maximum absolute atomic E-state index is 11.2. The lowest BCUT2D eigenvalue weighted by Crippen LogP contribution is -2.32. The number of rotatable bonds is 6. The molecule has 3 nitrogen and oxygen atoms in total. The van der Waals surface area contributed by atoms with Crippen LogP contribution in [0.4, 0.5) is 0 Å². The third kappa shape index (κ3) is 5.59. The minimum absolute atomic E-state index is 0.0122. The van der Waals surface area contributed by atoms with Crippen molar-refractivity contribution in [3.05, 3.63) is 101 Å². The lowest BCUT2D eigenvalue weighted by atomic mass is 9.79. The zero-order valence-corrected chi connectivity index (χ0v) is 20.3. The van der Waals surface area contributed by atoms with E-state index in [9.17, 15) is 5.11 Å². The van der Waals surface area contributed by atoms with Crippen molar-refractivity contribution in [2.24, 2.45) is 5.73 Å². The van der Waals surface area contributed by atoms with E-state index in [2.05, 4.69) is 83.3 Å². The summed E-state index contributed by atoms with van der Waals surface area (Å²) in [7, 11) is 0. The van der Waals surface area contributed by atoms with Crippen molar-refractivity contribution in [2.45, 2.75) is 71.0 Å². The highest BCUT2D eigenvalue weighted by Crippen LogP contribution is 2.38. The average Bonchev–Trinajstić information content (AvgIpc) is 2.74. The number of nitrogens with one attached hydrogen (secondary N) is 1. The molecule has 3 aromatic rings. The number of hydrogen-bond donors (Lipinski definition) is 3. The van der Waals surface area contributed by atoms with Crippen LogP contribution < -0.4 is 11.1 Å². The van der Waals surface area contributed by atoms with Gasteiger partial charge >= 0.3 is 0 Å². The normalized spacial score (nSPS) is 14.2. The second kappa shape index (κ2) is 9.48. The Morgan fingerprint density at radius 1 is 0.781 bits per heavy atom. The molecule has 4 N–H and O–H groups in total. The van der Waals surface area contributed by atoms with Crippen LogP contribution in [0.1, 0.15) is 81.4 Å². The number of hydrogen-bond acceptors (Lipinski definition) is 3. The maximum atomic E-state index is 11.2. The lowest BCUT2D eigenvalue weighted by Gasteiger charge is -2.29. The monoisotopic (exact) mass is 430 g/mol. The van der Waals surface area contributed by atoms with Crippen LogP contribution in [0, 0.1) is 0 Å². The van der Waals surface area contributed by atoms with Crippen molar-refractivity contribution in [3.63, 3.8) is 0 Å². The Bertz CT molecular complexity index is 1010. The van der Waals surface area contributed by atoms with Gasteiger partial charge in [0.05, 0.1) is 6.04 Å². The van der Waals surface area contributed by atoms with Crippen molar-refractivity contribution in [2.75, 3.05) is 0 Å². The predicted octanol–water partition coefficient (Wildman–Crippen LogP) is 6.52. The molecule has 0 radical (unpaired) electrons. The fraction of sp³-hybridized carbons (Fsp3) is 0.379. The summed E-state index contributed by atoms with van der Waals surface area (Å²) < 4.78 is 0. The predicted molar refractivity (Wildman–Crippen MR) is 135 cm³/mol. The van der Waals surface area contributed by atoms with Gasteiger partial charge in [-0.25, -0.2) is 0 Å². The fourth-order valence-corrected chi connectivity index (χ4v) is 4.03. The second-order valence-corrected chi connectivity index (χ2v) is 10.7. The molecule has 0 bridgehead atoms. The number of benzene rings is 3. The van der Waals surface area contributed by atoms with E-state index in [0.717, 1.165) is 22.3 Å². The minimum Gasteiger partial charge on any atom is -0.507 e. The third-order valence-corrected chi connectivity index (χ3v) is 6.08. The Kier molecular flexibility index (Phi) is 7.12. The molecule has 170 valence electrons. The molecule has 3 rings (SSSR count). The summed E-state index contributed by atoms with van der Waals surface area (Å²) in [5.74, 6) is 0.373. The number of phenolic OH excluding ortho intramolecular Hbond substituents is 1. The van der Waals surface area contributed by atoms with Gasteiger partial charge in [-0.15, -0.1) is 0 Å². The van der Waals surface area contributed by atoms with Crippen LogP contribution >= 0.6 is 0 Å². The first-order valence-corrected chi connectivity index (χ1v) is 11.4. The molecule has 3 heteroatoms. The summed E-state index contributed by atoms with van der Waals surface area (Å²) in [4.78, 5) is 0. The number of nitrogens with two attached hydrogens (primary N) is 1. The topological polar surface area (TPSA) is 58.3 Å². The smallest absolute Gasteiger partial charge is 0.123 e. The van der Waals surface area contributed by atoms with E-state index in [4.69, 9.17) is 5.73 Å². The Labute approximate surface area is 193 Å². The molecule has 0 saturated heterocycles. The molecule has 0 amide bonds. The van der Waals surface area contributed by atoms with Crippen LogP contribution in [0.25, 0.3) is 0 Å². The first kappa shape index (κ1) is 24.0.